The second-order valence-corrected chi connectivity index (χ2v) is 6.00. The molecule has 0 aliphatic carbocycles. The van der Waals surface area contributed by atoms with Crippen molar-refractivity contribution in [2.75, 3.05) is 13.1 Å². The second-order valence-electron chi connectivity index (χ2n) is 5.56. The lowest BCUT2D eigenvalue weighted by Gasteiger charge is -2.29. The summed E-state index contributed by atoms with van der Waals surface area (Å²) in [5.74, 6) is -0.0299. The Hall–Kier alpha value is -1.85. The molecule has 1 aromatic carbocycles. The van der Waals surface area contributed by atoms with Gasteiger partial charge in [0.2, 0.25) is 0 Å². The van der Waals surface area contributed by atoms with Crippen LogP contribution in [0.5, 0.6) is 0 Å². The van der Waals surface area contributed by atoms with Gasteiger partial charge in [0.25, 0.3) is 5.91 Å². The highest BCUT2D eigenvalue weighted by molar-refractivity contribution is 6.30. The summed E-state index contributed by atoms with van der Waals surface area (Å²) < 4.78 is 1.72. The van der Waals surface area contributed by atoms with Crippen LogP contribution >= 0.6 is 11.6 Å². The molecule has 0 spiro atoms. The number of nitrogens with zero attached hydrogens (tertiary/aromatic N) is 3. The zero-order valence-electron chi connectivity index (χ0n) is 12.4. The van der Waals surface area contributed by atoms with E-state index in [9.17, 15) is 9.90 Å². The molecule has 0 radical (unpaired) electrons. The van der Waals surface area contributed by atoms with E-state index in [1.54, 1.807) is 21.8 Å². The number of halogens is 1. The normalized spacial score (nSPS) is 16.0. The first-order valence-corrected chi connectivity index (χ1v) is 7.72. The fourth-order valence-electron chi connectivity index (χ4n) is 2.73. The van der Waals surface area contributed by atoms with Crippen LogP contribution in [0.15, 0.2) is 30.5 Å². The van der Waals surface area contributed by atoms with E-state index >= 15 is 0 Å². The Labute approximate surface area is 134 Å². The van der Waals surface area contributed by atoms with Gasteiger partial charge in [-0.1, -0.05) is 17.7 Å². The van der Waals surface area contributed by atoms with Crippen molar-refractivity contribution < 1.29 is 9.90 Å². The SMILES string of the molecule is Cc1c(C(=O)N2CCC(O)CC2)cnn1-c1cccc(Cl)c1. The van der Waals surface area contributed by atoms with Gasteiger partial charge >= 0.3 is 0 Å². The Kier molecular flexibility index (Phi) is 4.18. The van der Waals surface area contributed by atoms with Crippen LogP contribution in [0.3, 0.4) is 0 Å². The number of likely N-dealkylation sites (tertiary alicyclic amines) is 1. The van der Waals surface area contributed by atoms with Crippen molar-refractivity contribution in [3.8, 4) is 5.69 Å². The van der Waals surface area contributed by atoms with Crippen molar-refractivity contribution in [3.05, 3.63) is 46.7 Å². The lowest BCUT2D eigenvalue weighted by Crippen LogP contribution is -2.40. The van der Waals surface area contributed by atoms with Crippen molar-refractivity contribution in [1.29, 1.82) is 0 Å². The Balaban J connectivity index is 1.85. The van der Waals surface area contributed by atoms with Gasteiger partial charge in [-0.2, -0.15) is 5.10 Å². The van der Waals surface area contributed by atoms with Gasteiger partial charge in [-0.15, -0.1) is 0 Å². The predicted molar refractivity (Wildman–Crippen MR) is 84.5 cm³/mol. The summed E-state index contributed by atoms with van der Waals surface area (Å²) in [6.07, 6.45) is 2.57. The van der Waals surface area contributed by atoms with Gasteiger partial charge < -0.3 is 10.0 Å². The molecule has 0 bridgehead atoms. The summed E-state index contributed by atoms with van der Waals surface area (Å²) in [6, 6.07) is 7.37. The summed E-state index contributed by atoms with van der Waals surface area (Å²) in [5, 5.41) is 14.5. The van der Waals surface area contributed by atoms with E-state index in [-0.39, 0.29) is 12.0 Å². The molecule has 1 amide bonds. The van der Waals surface area contributed by atoms with Crippen LogP contribution in [0.1, 0.15) is 28.9 Å². The number of hydrogen-bond donors (Lipinski definition) is 1. The maximum Gasteiger partial charge on any atom is 0.257 e. The Morgan fingerprint density at radius 1 is 1.36 bits per heavy atom. The van der Waals surface area contributed by atoms with Crippen LogP contribution < -0.4 is 0 Å². The molecule has 2 heterocycles. The molecule has 3 rings (SSSR count). The first kappa shape index (κ1) is 15.1. The maximum absolute atomic E-state index is 12.6. The fraction of sp³-hybridized carbons (Fsp3) is 0.375. The van der Waals surface area contributed by atoms with E-state index in [0.717, 1.165) is 11.4 Å². The number of aliphatic hydroxyl groups excluding tert-OH is 1. The lowest BCUT2D eigenvalue weighted by molar-refractivity contribution is 0.0546. The molecule has 1 aliphatic heterocycles. The first-order chi connectivity index (χ1) is 10.6. The molecule has 22 heavy (non-hydrogen) atoms. The van der Waals surface area contributed by atoms with E-state index in [1.807, 2.05) is 25.1 Å². The van der Waals surface area contributed by atoms with Crippen molar-refractivity contribution in [3.63, 3.8) is 0 Å². The van der Waals surface area contributed by atoms with Gasteiger partial charge in [-0.05, 0) is 38.0 Å². The minimum Gasteiger partial charge on any atom is -0.393 e. The highest BCUT2D eigenvalue weighted by Gasteiger charge is 2.25. The molecule has 0 saturated carbocycles. The van der Waals surface area contributed by atoms with Crippen molar-refractivity contribution in [2.45, 2.75) is 25.9 Å². The van der Waals surface area contributed by atoms with Gasteiger partial charge in [0.05, 0.1) is 29.2 Å². The molecular formula is C16H18ClN3O2. The third-order valence-corrected chi connectivity index (χ3v) is 4.28. The maximum atomic E-state index is 12.6. The largest absolute Gasteiger partial charge is 0.393 e. The van der Waals surface area contributed by atoms with Crippen molar-refractivity contribution >= 4 is 17.5 Å². The highest BCUT2D eigenvalue weighted by atomic mass is 35.5. The number of amides is 1. The van der Waals surface area contributed by atoms with Gasteiger partial charge in [-0.25, -0.2) is 4.68 Å². The summed E-state index contributed by atoms with van der Waals surface area (Å²) in [4.78, 5) is 14.4. The minimum absolute atomic E-state index is 0.0299. The Morgan fingerprint density at radius 2 is 2.09 bits per heavy atom. The quantitative estimate of drug-likeness (QED) is 0.925. The molecular weight excluding hydrogens is 302 g/mol. The monoisotopic (exact) mass is 319 g/mol. The number of carbonyl (C=O) groups excluding carboxylic acids is 1. The second kappa shape index (κ2) is 6.10. The number of hydrogen-bond acceptors (Lipinski definition) is 3. The zero-order valence-corrected chi connectivity index (χ0v) is 13.1. The van der Waals surface area contributed by atoms with E-state index in [4.69, 9.17) is 11.6 Å². The van der Waals surface area contributed by atoms with Crippen LogP contribution in [0, 0.1) is 6.92 Å². The van der Waals surface area contributed by atoms with Gasteiger partial charge in [0, 0.05) is 18.1 Å². The molecule has 1 aliphatic rings. The molecule has 0 atom stereocenters. The van der Waals surface area contributed by atoms with Gasteiger partial charge in [0.1, 0.15) is 0 Å². The molecule has 1 aromatic heterocycles. The number of benzene rings is 1. The third-order valence-electron chi connectivity index (χ3n) is 4.04. The first-order valence-electron chi connectivity index (χ1n) is 7.34. The van der Waals surface area contributed by atoms with Crippen LogP contribution in [-0.4, -0.2) is 44.9 Å². The van der Waals surface area contributed by atoms with Gasteiger partial charge in [-0.3, -0.25) is 4.79 Å². The fourth-order valence-corrected chi connectivity index (χ4v) is 2.91. The average Bonchev–Trinajstić information content (AvgIpc) is 2.89. The number of carbonyl (C=O) groups is 1. The highest BCUT2D eigenvalue weighted by Crippen LogP contribution is 2.20. The zero-order chi connectivity index (χ0) is 15.7. The van der Waals surface area contributed by atoms with Crippen LogP contribution in [0.4, 0.5) is 0 Å². The number of rotatable bonds is 2. The molecule has 116 valence electrons. The molecule has 1 N–H and O–H groups in total. The topological polar surface area (TPSA) is 58.4 Å². The number of aliphatic hydroxyl groups is 1. The van der Waals surface area contributed by atoms with E-state index < -0.39 is 0 Å². The summed E-state index contributed by atoms with van der Waals surface area (Å²) in [6.45, 7) is 3.05. The summed E-state index contributed by atoms with van der Waals surface area (Å²) >= 11 is 6.01. The molecule has 1 saturated heterocycles. The molecule has 2 aromatic rings. The van der Waals surface area contributed by atoms with Crippen LogP contribution in [0.25, 0.3) is 5.69 Å². The Morgan fingerprint density at radius 3 is 2.77 bits per heavy atom. The molecule has 5 nitrogen and oxygen atoms in total. The predicted octanol–water partition coefficient (Wildman–Crippen LogP) is 2.43. The smallest absolute Gasteiger partial charge is 0.257 e. The van der Waals surface area contributed by atoms with E-state index in [2.05, 4.69) is 5.10 Å². The minimum atomic E-state index is -0.292. The van der Waals surface area contributed by atoms with E-state index in [1.165, 1.54) is 0 Å². The summed E-state index contributed by atoms with van der Waals surface area (Å²) in [5.41, 5.74) is 2.22. The number of aromatic nitrogens is 2. The van der Waals surface area contributed by atoms with E-state index in [0.29, 0.717) is 36.5 Å². The molecule has 0 unspecified atom stereocenters. The molecule has 6 heteroatoms. The standard InChI is InChI=1S/C16H18ClN3O2/c1-11-15(16(22)19-7-5-14(21)6-8-19)10-18-20(11)13-4-2-3-12(17)9-13/h2-4,9-10,14,21H,5-8H2,1H3. The Bertz CT molecular complexity index is 690. The van der Waals surface area contributed by atoms with Crippen LogP contribution in [-0.2, 0) is 0 Å². The molecule has 1 fully saturated rings. The van der Waals surface area contributed by atoms with Gasteiger partial charge in [0.15, 0.2) is 0 Å². The van der Waals surface area contributed by atoms with Crippen molar-refractivity contribution in [1.82, 2.24) is 14.7 Å². The average molecular weight is 320 g/mol. The number of piperidine rings is 1. The van der Waals surface area contributed by atoms with Crippen LogP contribution in [0.2, 0.25) is 5.02 Å². The summed E-state index contributed by atoms with van der Waals surface area (Å²) in [7, 11) is 0. The van der Waals surface area contributed by atoms with Crippen molar-refractivity contribution in [2.24, 2.45) is 0 Å². The third kappa shape index (κ3) is 2.87. The lowest BCUT2D eigenvalue weighted by atomic mass is 10.1.